The summed E-state index contributed by atoms with van der Waals surface area (Å²) < 4.78 is 35.5. The molecule has 9 heteroatoms. The normalized spacial score (nSPS) is 20.7. The third-order valence-corrected chi connectivity index (χ3v) is 6.79. The molecular weight excluding hydrogens is 408 g/mol. The van der Waals surface area contributed by atoms with E-state index in [1.54, 1.807) is 5.38 Å². The smallest absolute Gasteiger partial charge is 0.303 e. The largest absolute Gasteiger partial charge is 0.378 e. The van der Waals surface area contributed by atoms with Gasteiger partial charge in [-0.2, -0.15) is 8.78 Å². The summed E-state index contributed by atoms with van der Waals surface area (Å²) in [5, 5.41) is 2.40. The number of hydrogen-bond donors (Lipinski definition) is 0. The van der Waals surface area contributed by atoms with Crippen molar-refractivity contribution in [3.8, 4) is 0 Å². The van der Waals surface area contributed by atoms with Crippen LogP contribution in [0.4, 0.5) is 20.3 Å². The Labute approximate surface area is 177 Å². The maximum absolute atomic E-state index is 15.0. The van der Waals surface area contributed by atoms with Gasteiger partial charge in [0.15, 0.2) is 5.01 Å². The van der Waals surface area contributed by atoms with Crippen LogP contribution in [0.15, 0.2) is 36.1 Å². The average Bonchev–Trinajstić information content (AvgIpc) is 3.35. The Bertz CT molecular complexity index is 1010. The first-order valence-electron chi connectivity index (χ1n) is 10.2. The fourth-order valence-corrected chi connectivity index (χ4v) is 5.03. The van der Waals surface area contributed by atoms with Gasteiger partial charge in [0.25, 0.3) is 0 Å². The Morgan fingerprint density at radius 3 is 2.73 bits per heavy atom. The third-order valence-electron chi connectivity index (χ3n) is 5.93. The Morgan fingerprint density at radius 1 is 1.07 bits per heavy atom. The first kappa shape index (κ1) is 19.6. The van der Waals surface area contributed by atoms with Gasteiger partial charge in [0.2, 0.25) is 0 Å². The second kappa shape index (κ2) is 8.03. The third kappa shape index (κ3) is 3.60. The second-order valence-corrected chi connectivity index (χ2v) is 8.64. The maximum atomic E-state index is 15.0. The molecule has 30 heavy (non-hydrogen) atoms. The molecule has 1 unspecified atom stereocenters. The van der Waals surface area contributed by atoms with Crippen molar-refractivity contribution in [3.05, 3.63) is 41.1 Å². The molecular formula is C21H23F2N5OS. The van der Waals surface area contributed by atoms with E-state index in [1.807, 2.05) is 11.0 Å². The molecule has 0 aliphatic carbocycles. The number of aromatic nitrogens is 3. The monoisotopic (exact) mass is 431 g/mol. The molecule has 0 bridgehead atoms. The summed E-state index contributed by atoms with van der Waals surface area (Å²) in [5.41, 5.74) is 1.93. The molecule has 2 aromatic heterocycles. The number of thiazole rings is 1. The molecule has 1 aromatic carbocycles. The number of benzene rings is 1. The minimum absolute atomic E-state index is 0.1000. The zero-order valence-corrected chi connectivity index (χ0v) is 17.3. The van der Waals surface area contributed by atoms with Gasteiger partial charge in [-0.3, -0.25) is 0 Å². The van der Waals surface area contributed by atoms with Crippen LogP contribution in [-0.2, 0) is 10.7 Å². The van der Waals surface area contributed by atoms with E-state index in [0.29, 0.717) is 19.4 Å². The highest BCUT2D eigenvalue weighted by atomic mass is 32.1. The molecule has 2 aliphatic heterocycles. The van der Waals surface area contributed by atoms with Crippen molar-refractivity contribution in [2.75, 3.05) is 49.2 Å². The summed E-state index contributed by atoms with van der Waals surface area (Å²) in [5.74, 6) is -2.98. The maximum Gasteiger partial charge on any atom is 0.303 e. The van der Waals surface area contributed by atoms with E-state index in [-0.39, 0.29) is 11.6 Å². The lowest BCUT2D eigenvalue weighted by Gasteiger charge is -2.37. The van der Waals surface area contributed by atoms with Crippen molar-refractivity contribution in [3.63, 3.8) is 0 Å². The molecule has 0 radical (unpaired) electrons. The highest BCUT2D eigenvalue weighted by Gasteiger charge is 2.45. The summed E-state index contributed by atoms with van der Waals surface area (Å²) in [6, 6.07) is 6.13. The predicted molar refractivity (Wildman–Crippen MR) is 114 cm³/mol. The fourth-order valence-electron chi connectivity index (χ4n) is 4.33. The SMILES string of the molecule is FC(F)(c1nccs1)C1CCCN(c2ncnc3cc(N4CCOCC4)ccc23)C1. The molecule has 0 amide bonds. The molecule has 5 rings (SSSR count). The first-order chi connectivity index (χ1) is 14.6. The summed E-state index contributed by atoms with van der Waals surface area (Å²) >= 11 is 1.02. The van der Waals surface area contributed by atoms with E-state index in [2.05, 4.69) is 32.0 Å². The molecule has 2 saturated heterocycles. The number of halogens is 2. The van der Waals surface area contributed by atoms with Crippen LogP contribution < -0.4 is 9.80 Å². The number of nitrogens with zero attached hydrogens (tertiary/aromatic N) is 5. The lowest BCUT2D eigenvalue weighted by molar-refractivity contribution is -0.0693. The number of ether oxygens (including phenoxy) is 1. The Kier molecular flexibility index (Phi) is 5.24. The van der Waals surface area contributed by atoms with E-state index < -0.39 is 11.8 Å². The van der Waals surface area contributed by atoms with Crippen molar-refractivity contribution in [2.45, 2.75) is 18.8 Å². The molecule has 2 fully saturated rings. The van der Waals surface area contributed by atoms with E-state index >= 15 is 8.78 Å². The Morgan fingerprint density at radius 2 is 1.93 bits per heavy atom. The van der Waals surface area contributed by atoms with Gasteiger partial charge in [0, 0.05) is 54.7 Å². The topological polar surface area (TPSA) is 54.4 Å². The van der Waals surface area contributed by atoms with Crippen LogP contribution in [0.5, 0.6) is 0 Å². The molecule has 6 nitrogen and oxygen atoms in total. The highest BCUT2D eigenvalue weighted by molar-refractivity contribution is 7.09. The molecule has 0 spiro atoms. The van der Waals surface area contributed by atoms with E-state index in [4.69, 9.17) is 4.74 Å². The molecule has 0 N–H and O–H groups in total. The number of anilines is 2. The van der Waals surface area contributed by atoms with Crippen LogP contribution in [0.25, 0.3) is 10.9 Å². The zero-order valence-electron chi connectivity index (χ0n) is 16.5. The van der Waals surface area contributed by atoms with Gasteiger partial charge in [-0.15, -0.1) is 11.3 Å². The minimum Gasteiger partial charge on any atom is -0.378 e. The van der Waals surface area contributed by atoms with Gasteiger partial charge in [0.1, 0.15) is 12.1 Å². The van der Waals surface area contributed by atoms with Gasteiger partial charge in [-0.05, 0) is 31.0 Å². The van der Waals surface area contributed by atoms with Crippen molar-refractivity contribution in [1.82, 2.24) is 15.0 Å². The Hall–Kier alpha value is -2.39. The number of fused-ring (bicyclic) bond motifs is 1. The molecule has 3 aromatic rings. The van der Waals surface area contributed by atoms with Crippen molar-refractivity contribution in [2.24, 2.45) is 5.92 Å². The van der Waals surface area contributed by atoms with E-state index in [0.717, 1.165) is 60.0 Å². The number of alkyl halides is 2. The van der Waals surface area contributed by atoms with Crippen LogP contribution in [0.2, 0.25) is 0 Å². The van der Waals surface area contributed by atoms with Crippen molar-refractivity contribution in [1.29, 1.82) is 0 Å². The van der Waals surface area contributed by atoms with Crippen LogP contribution in [0.1, 0.15) is 17.8 Å². The summed E-state index contributed by atoms with van der Waals surface area (Å²) in [4.78, 5) is 17.1. The summed E-state index contributed by atoms with van der Waals surface area (Å²) in [6.07, 6.45) is 4.15. The quantitative estimate of drug-likeness (QED) is 0.624. The molecule has 1 atom stereocenters. The zero-order chi connectivity index (χ0) is 20.6. The first-order valence-corrected chi connectivity index (χ1v) is 11.1. The number of rotatable bonds is 4. The van der Waals surface area contributed by atoms with Gasteiger partial charge in [0.05, 0.1) is 18.7 Å². The minimum atomic E-state index is -2.93. The highest BCUT2D eigenvalue weighted by Crippen LogP contribution is 2.42. The van der Waals surface area contributed by atoms with Crippen LogP contribution in [0.3, 0.4) is 0 Å². The molecule has 0 saturated carbocycles. The van der Waals surface area contributed by atoms with Crippen molar-refractivity contribution < 1.29 is 13.5 Å². The van der Waals surface area contributed by atoms with Gasteiger partial charge >= 0.3 is 5.92 Å². The molecule has 158 valence electrons. The van der Waals surface area contributed by atoms with Crippen molar-refractivity contribution >= 4 is 33.7 Å². The number of hydrogen-bond acceptors (Lipinski definition) is 7. The van der Waals surface area contributed by atoms with E-state index in [1.165, 1.54) is 12.5 Å². The van der Waals surface area contributed by atoms with E-state index in [9.17, 15) is 0 Å². The predicted octanol–water partition coefficient (Wildman–Crippen LogP) is 3.93. The Balaban J connectivity index is 1.42. The van der Waals surface area contributed by atoms with Crippen LogP contribution >= 0.6 is 11.3 Å². The molecule has 4 heterocycles. The van der Waals surface area contributed by atoms with Gasteiger partial charge in [-0.25, -0.2) is 15.0 Å². The lowest BCUT2D eigenvalue weighted by Crippen LogP contribution is -2.42. The van der Waals surface area contributed by atoms with Gasteiger partial charge < -0.3 is 14.5 Å². The van der Waals surface area contributed by atoms with Crippen LogP contribution in [0, 0.1) is 5.92 Å². The van der Waals surface area contributed by atoms with Crippen LogP contribution in [-0.4, -0.2) is 54.3 Å². The lowest BCUT2D eigenvalue weighted by atomic mass is 9.91. The average molecular weight is 432 g/mol. The summed E-state index contributed by atoms with van der Waals surface area (Å²) in [7, 11) is 0. The summed E-state index contributed by atoms with van der Waals surface area (Å²) in [6.45, 7) is 4.10. The second-order valence-electron chi connectivity index (χ2n) is 7.74. The molecule has 2 aliphatic rings. The number of piperidine rings is 1. The fraction of sp³-hybridized carbons (Fsp3) is 0.476. The van der Waals surface area contributed by atoms with Gasteiger partial charge in [-0.1, -0.05) is 0 Å². The standard InChI is InChI=1S/C21H23F2N5OS/c22-21(23,20-24-5-11-30-20)15-2-1-6-28(13-15)19-17-4-3-16(12-18(17)25-14-26-19)27-7-9-29-10-8-27/h3-5,11-12,14-15H,1-2,6-10,13H2. The number of morpholine rings is 1.